The van der Waals surface area contributed by atoms with Gasteiger partial charge in [-0.25, -0.2) is 0 Å². The van der Waals surface area contributed by atoms with E-state index in [-0.39, 0.29) is 5.54 Å². The van der Waals surface area contributed by atoms with E-state index in [4.69, 9.17) is 12.2 Å². The smallest absolute Gasteiger partial charge is 0.353 e. The monoisotopic (exact) mass is 314 g/mol. The van der Waals surface area contributed by atoms with Crippen LogP contribution in [0.5, 0.6) is 0 Å². The molecular formula is C15H17F3N2S. The van der Waals surface area contributed by atoms with Gasteiger partial charge < -0.3 is 5.32 Å². The summed E-state index contributed by atoms with van der Waals surface area (Å²) >= 11 is 5.31. The lowest BCUT2D eigenvalue weighted by Gasteiger charge is -2.38. The molecule has 0 unspecified atom stereocenters. The number of anilines is 1. The Morgan fingerprint density at radius 1 is 1.24 bits per heavy atom. The Hall–Kier alpha value is -1.56. The summed E-state index contributed by atoms with van der Waals surface area (Å²) in [7, 11) is 0. The molecule has 0 radical (unpaired) electrons. The second-order valence-electron chi connectivity index (χ2n) is 5.03. The van der Waals surface area contributed by atoms with Gasteiger partial charge in [0.25, 0.3) is 0 Å². The third kappa shape index (κ3) is 3.20. The minimum Gasteiger partial charge on any atom is -0.353 e. The third-order valence-corrected chi connectivity index (χ3v) is 4.13. The van der Waals surface area contributed by atoms with E-state index in [0.717, 1.165) is 25.0 Å². The van der Waals surface area contributed by atoms with Crippen molar-refractivity contribution < 1.29 is 13.2 Å². The fraction of sp³-hybridized carbons (Fsp3) is 0.400. The van der Waals surface area contributed by atoms with Crippen LogP contribution in [0.4, 0.5) is 18.9 Å². The molecule has 0 saturated carbocycles. The molecule has 0 amide bonds. The lowest BCUT2D eigenvalue weighted by atomic mass is 9.92. The van der Waals surface area contributed by atoms with Crippen LogP contribution in [0, 0.1) is 0 Å². The number of halogens is 3. The maximum atomic E-state index is 12.8. The Bertz CT molecular complexity index is 562. The van der Waals surface area contributed by atoms with Gasteiger partial charge in [0.1, 0.15) is 0 Å². The molecule has 0 aliphatic carbocycles. The van der Waals surface area contributed by atoms with Crippen LogP contribution in [-0.2, 0) is 6.18 Å². The minimum atomic E-state index is -4.36. The summed E-state index contributed by atoms with van der Waals surface area (Å²) in [5.41, 5.74) is -0.492. The molecule has 6 heteroatoms. The van der Waals surface area contributed by atoms with Crippen molar-refractivity contribution in [2.45, 2.75) is 38.4 Å². The molecule has 1 aromatic rings. The standard InChI is InChI=1S/C15H17F3N2S/c1-3-14(4-2)8-9-20(13(21)19-14)12-7-5-6-11(10-12)15(16,17)18/h5-10H,3-4H2,1-2H3,(H,19,21). The minimum absolute atomic E-state index is 0.213. The topological polar surface area (TPSA) is 15.3 Å². The molecule has 0 bridgehead atoms. The van der Waals surface area contributed by atoms with E-state index in [2.05, 4.69) is 5.32 Å². The fourth-order valence-electron chi connectivity index (χ4n) is 2.30. The molecule has 1 heterocycles. The summed E-state index contributed by atoms with van der Waals surface area (Å²) in [4.78, 5) is 1.56. The fourth-order valence-corrected chi connectivity index (χ4v) is 2.67. The van der Waals surface area contributed by atoms with Crippen LogP contribution in [0.1, 0.15) is 32.3 Å². The van der Waals surface area contributed by atoms with Gasteiger partial charge in [0.2, 0.25) is 0 Å². The zero-order valence-corrected chi connectivity index (χ0v) is 12.7. The summed E-state index contributed by atoms with van der Waals surface area (Å²) in [6, 6.07) is 5.15. The summed E-state index contributed by atoms with van der Waals surface area (Å²) < 4.78 is 38.3. The first-order valence-electron chi connectivity index (χ1n) is 6.79. The molecule has 0 saturated heterocycles. The van der Waals surface area contributed by atoms with Crippen LogP contribution in [0.25, 0.3) is 0 Å². The molecule has 2 rings (SSSR count). The zero-order chi connectivity index (χ0) is 15.7. The Morgan fingerprint density at radius 2 is 1.90 bits per heavy atom. The van der Waals surface area contributed by atoms with Crippen molar-refractivity contribution in [2.75, 3.05) is 4.90 Å². The summed E-state index contributed by atoms with van der Waals surface area (Å²) in [5.74, 6) is 0. The number of nitrogens with one attached hydrogen (secondary N) is 1. The first-order valence-corrected chi connectivity index (χ1v) is 7.20. The highest BCUT2D eigenvalue weighted by atomic mass is 32.1. The van der Waals surface area contributed by atoms with Crippen LogP contribution in [-0.4, -0.2) is 10.7 Å². The van der Waals surface area contributed by atoms with Crippen LogP contribution in [0.3, 0.4) is 0 Å². The number of benzene rings is 1. The lowest BCUT2D eigenvalue weighted by Crippen LogP contribution is -2.54. The number of alkyl halides is 3. The average molecular weight is 314 g/mol. The van der Waals surface area contributed by atoms with E-state index >= 15 is 0 Å². The van der Waals surface area contributed by atoms with Gasteiger partial charge in [-0.15, -0.1) is 0 Å². The van der Waals surface area contributed by atoms with Crippen LogP contribution in [0.2, 0.25) is 0 Å². The van der Waals surface area contributed by atoms with E-state index in [9.17, 15) is 13.2 Å². The highest BCUT2D eigenvalue weighted by Crippen LogP contribution is 2.33. The van der Waals surface area contributed by atoms with Gasteiger partial charge in [-0.2, -0.15) is 13.2 Å². The van der Waals surface area contributed by atoms with Crippen LogP contribution in [0.15, 0.2) is 36.5 Å². The Balaban J connectivity index is 2.34. The number of rotatable bonds is 3. The summed E-state index contributed by atoms with van der Waals surface area (Å²) in [6.45, 7) is 4.09. The van der Waals surface area contributed by atoms with E-state index in [0.29, 0.717) is 10.8 Å². The molecule has 0 atom stereocenters. The average Bonchev–Trinajstić information content (AvgIpc) is 2.46. The summed E-state index contributed by atoms with van der Waals surface area (Å²) in [5, 5.41) is 3.64. The Kier molecular flexibility index (Phi) is 4.27. The van der Waals surface area contributed by atoms with E-state index in [1.165, 1.54) is 6.07 Å². The van der Waals surface area contributed by atoms with Gasteiger partial charge in [0.15, 0.2) is 5.11 Å². The van der Waals surface area contributed by atoms with E-state index in [1.807, 2.05) is 19.9 Å². The maximum absolute atomic E-state index is 12.8. The predicted molar refractivity (Wildman–Crippen MR) is 82.1 cm³/mol. The SMILES string of the molecule is CCC1(CC)C=CN(c2cccc(C(F)(F)F)c2)C(=S)N1. The van der Waals surface area contributed by atoms with Gasteiger partial charge in [0, 0.05) is 11.9 Å². The molecule has 2 nitrogen and oxygen atoms in total. The Labute approximate surface area is 127 Å². The number of hydrogen-bond acceptors (Lipinski definition) is 1. The van der Waals surface area contributed by atoms with Crippen LogP contribution < -0.4 is 10.2 Å². The first-order chi connectivity index (χ1) is 9.81. The largest absolute Gasteiger partial charge is 0.416 e. The van der Waals surface area contributed by atoms with Crippen molar-refractivity contribution in [3.05, 3.63) is 42.1 Å². The molecule has 21 heavy (non-hydrogen) atoms. The quantitative estimate of drug-likeness (QED) is 0.829. The number of thiocarbonyl (C=S) groups is 1. The zero-order valence-electron chi connectivity index (χ0n) is 11.9. The molecule has 1 aliphatic heterocycles. The normalized spacial score (nSPS) is 17.8. The number of hydrogen-bond donors (Lipinski definition) is 1. The van der Waals surface area contributed by atoms with Gasteiger partial charge in [-0.1, -0.05) is 19.9 Å². The highest BCUT2D eigenvalue weighted by Gasteiger charge is 2.33. The van der Waals surface area contributed by atoms with E-state index in [1.54, 1.807) is 17.2 Å². The van der Waals surface area contributed by atoms with Crippen molar-refractivity contribution >= 4 is 23.0 Å². The number of nitrogens with zero attached hydrogens (tertiary/aromatic N) is 1. The van der Waals surface area contributed by atoms with Crippen molar-refractivity contribution in [2.24, 2.45) is 0 Å². The van der Waals surface area contributed by atoms with Gasteiger partial charge >= 0.3 is 6.18 Å². The predicted octanol–water partition coefficient (Wildman–Crippen LogP) is 4.47. The molecule has 0 fully saturated rings. The van der Waals surface area contributed by atoms with Crippen molar-refractivity contribution in [1.29, 1.82) is 0 Å². The second kappa shape index (κ2) is 5.67. The highest BCUT2D eigenvalue weighted by molar-refractivity contribution is 7.80. The van der Waals surface area contributed by atoms with Gasteiger partial charge in [-0.05, 0) is 49.3 Å². The Morgan fingerprint density at radius 3 is 2.43 bits per heavy atom. The molecule has 1 aliphatic rings. The summed E-state index contributed by atoms with van der Waals surface area (Å²) in [6.07, 6.45) is 1.07. The lowest BCUT2D eigenvalue weighted by molar-refractivity contribution is -0.137. The molecule has 1 aromatic carbocycles. The molecule has 1 N–H and O–H groups in total. The molecule has 0 spiro atoms. The molecular weight excluding hydrogens is 297 g/mol. The maximum Gasteiger partial charge on any atom is 0.416 e. The van der Waals surface area contributed by atoms with E-state index < -0.39 is 11.7 Å². The molecule has 0 aromatic heterocycles. The second-order valence-corrected chi connectivity index (χ2v) is 5.41. The third-order valence-electron chi connectivity index (χ3n) is 3.83. The van der Waals surface area contributed by atoms with Crippen molar-refractivity contribution in [1.82, 2.24) is 5.32 Å². The van der Waals surface area contributed by atoms with Crippen molar-refractivity contribution in [3.8, 4) is 0 Å². The molecule has 114 valence electrons. The van der Waals surface area contributed by atoms with Gasteiger partial charge in [-0.3, -0.25) is 4.90 Å². The van der Waals surface area contributed by atoms with Crippen molar-refractivity contribution in [3.63, 3.8) is 0 Å². The van der Waals surface area contributed by atoms with Gasteiger partial charge in [0.05, 0.1) is 11.1 Å². The first kappa shape index (κ1) is 15.8. The van der Waals surface area contributed by atoms with Crippen LogP contribution >= 0.6 is 12.2 Å².